The van der Waals surface area contributed by atoms with E-state index >= 15 is 0 Å². The number of hydrogen-bond donors (Lipinski definition) is 1. The summed E-state index contributed by atoms with van der Waals surface area (Å²) in [5.74, 6) is 0. The molecule has 1 rings (SSSR count). The van der Waals surface area contributed by atoms with E-state index in [9.17, 15) is 0 Å². The van der Waals surface area contributed by atoms with E-state index < -0.39 is 0 Å². The second kappa shape index (κ2) is 4.89. The SMILES string of the molecule is CCCCc1nc(CC(C)(C)N)cs1. The minimum atomic E-state index is -0.143. The van der Waals surface area contributed by atoms with Gasteiger partial charge in [-0.3, -0.25) is 0 Å². The van der Waals surface area contributed by atoms with E-state index in [4.69, 9.17) is 5.73 Å². The Morgan fingerprint density at radius 2 is 2.21 bits per heavy atom. The molecule has 0 unspecified atom stereocenters. The van der Waals surface area contributed by atoms with Gasteiger partial charge < -0.3 is 5.73 Å². The molecule has 1 heterocycles. The van der Waals surface area contributed by atoms with E-state index in [2.05, 4.69) is 17.3 Å². The van der Waals surface area contributed by atoms with Crippen molar-refractivity contribution in [1.82, 2.24) is 4.98 Å². The van der Waals surface area contributed by atoms with Gasteiger partial charge in [0.1, 0.15) is 0 Å². The van der Waals surface area contributed by atoms with Crippen LogP contribution < -0.4 is 5.73 Å². The Labute approximate surface area is 90.6 Å². The lowest BCUT2D eigenvalue weighted by Gasteiger charge is -2.16. The number of rotatable bonds is 5. The zero-order chi connectivity index (χ0) is 10.6. The summed E-state index contributed by atoms with van der Waals surface area (Å²) in [4.78, 5) is 4.57. The van der Waals surface area contributed by atoms with Crippen molar-refractivity contribution in [3.63, 3.8) is 0 Å². The summed E-state index contributed by atoms with van der Waals surface area (Å²) in [7, 11) is 0. The van der Waals surface area contributed by atoms with Gasteiger partial charge in [-0.25, -0.2) is 4.98 Å². The van der Waals surface area contributed by atoms with E-state index in [0.29, 0.717) is 0 Å². The predicted octanol–water partition coefficient (Wildman–Crippen LogP) is 2.77. The highest BCUT2D eigenvalue weighted by Crippen LogP contribution is 2.16. The van der Waals surface area contributed by atoms with E-state index in [-0.39, 0.29) is 5.54 Å². The molecule has 0 aromatic carbocycles. The zero-order valence-electron chi connectivity index (χ0n) is 9.34. The topological polar surface area (TPSA) is 38.9 Å². The molecular formula is C11H20N2S. The number of hydrogen-bond acceptors (Lipinski definition) is 3. The molecule has 3 heteroatoms. The maximum Gasteiger partial charge on any atom is 0.0928 e. The van der Waals surface area contributed by atoms with Crippen LogP contribution in [0.25, 0.3) is 0 Å². The summed E-state index contributed by atoms with van der Waals surface area (Å²) in [6.45, 7) is 6.29. The fourth-order valence-electron chi connectivity index (χ4n) is 1.34. The number of nitrogens with zero attached hydrogens (tertiary/aromatic N) is 1. The number of nitrogens with two attached hydrogens (primary N) is 1. The molecular weight excluding hydrogens is 192 g/mol. The summed E-state index contributed by atoms with van der Waals surface area (Å²) in [6.07, 6.45) is 4.46. The van der Waals surface area contributed by atoms with Crippen LogP contribution in [-0.4, -0.2) is 10.5 Å². The molecule has 1 aromatic heterocycles. The van der Waals surface area contributed by atoms with Crippen molar-refractivity contribution < 1.29 is 0 Å². The third-order valence-electron chi connectivity index (χ3n) is 1.98. The highest BCUT2D eigenvalue weighted by Gasteiger charge is 2.13. The fraction of sp³-hybridized carbons (Fsp3) is 0.727. The molecule has 2 nitrogen and oxygen atoms in total. The molecule has 0 aliphatic carbocycles. The molecule has 2 N–H and O–H groups in total. The van der Waals surface area contributed by atoms with Gasteiger partial charge in [0, 0.05) is 17.3 Å². The van der Waals surface area contributed by atoms with Gasteiger partial charge in [-0.1, -0.05) is 13.3 Å². The molecule has 0 saturated heterocycles. The van der Waals surface area contributed by atoms with Crippen LogP contribution in [0.2, 0.25) is 0 Å². The van der Waals surface area contributed by atoms with Crippen LogP contribution in [0.15, 0.2) is 5.38 Å². The van der Waals surface area contributed by atoms with Crippen molar-refractivity contribution >= 4 is 11.3 Å². The van der Waals surface area contributed by atoms with Crippen LogP contribution in [-0.2, 0) is 12.8 Å². The maximum absolute atomic E-state index is 5.94. The highest BCUT2D eigenvalue weighted by atomic mass is 32.1. The van der Waals surface area contributed by atoms with Crippen molar-refractivity contribution in [1.29, 1.82) is 0 Å². The van der Waals surface area contributed by atoms with E-state index in [1.165, 1.54) is 17.8 Å². The Kier molecular flexibility index (Phi) is 4.08. The number of aryl methyl sites for hydroxylation is 1. The lowest BCUT2D eigenvalue weighted by molar-refractivity contribution is 0.511. The summed E-state index contributed by atoms with van der Waals surface area (Å²) in [5.41, 5.74) is 6.95. The molecule has 0 radical (unpaired) electrons. The molecule has 0 spiro atoms. The molecule has 0 aliphatic rings. The monoisotopic (exact) mass is 212 g/mol. The van der Waals surface area contributed by atoms with Gasteiger partial charge in [-0.05, 0) is 26.7 Å². The van der Waals surface area contributed by atoms with Gasteiger partial charge in [0.2, 0.25) is 0 Å². The normalized spacial score (nSPS) is 12.0. The maximum atomic E-state index is 5.94. The Balaban J connectivity index is 2.51. The molecule has 1 aromatic rings. The molecule has 14 heavy (non-hydrogen) atoms. The van der Waals surface area contributed by atoms with Crippen molar-refractivity contribution in [2.75, 3.05) is 0 Å². The van der Waals surface area contributed by atoms with E-state index in [1.54, 1.807) is 11.3 Å². The molecule has 0 bridgehead atoms. The first kappa shape index (κ1) is 11.7. The van der Waals surface area contributed by atoms with Gasteiger partial charge in [0.15, 0.2) is 0 Å². The van der Waals surface area contributed by atoms with Gasteiger partial charge >= 0.3 is 0 Å². The first-order chi connectivity index (χ1) is 6.51. The van der Waals surface area contributed by atoms with Gasteiger partial charge in [0.05, 0.1) is 10.7 Å². The molecule has 0 fully saturated rings. The fourth-order valence-corrected chi connectivity index (χ4v) is 2.18. The summed E-state index contributed by atoms with van der Waals surface area (Å²) >= 11 is 1.76. The molecule has 0 amide bonds. The Morgan fingerprint density at radius 1 is 1.50 bits per heavy atom. The minimum Gasteiger partial charge on any atom is -0.325 e. The minimum absolute atomic E-state index is 0.143. The van der Waals surface area contributed by atoms with Crippen LogP contribution in [0.3, 0.4) is 0 Å². The van der Waals surface area contributed by atoms with Crippen LogP contribution in [0.5, 0.6) is 0 Å². The average Bonchev–Trinajstić information content (AvgIpc) is 2.46. The number of thiazole rings is 1. The average molecular weight is 212 g/mol. The van der Waals surface area contributed by atoms with Gasteiger partial charge in [-0.15, -0.1) is 11.3 Å². The lowest BCUT2D eigenvalue weighted by atomic mass is 10.0. The van der Waals surface area contributed by atoms with Crippen molar-refractivity contribution in [2.45, 2.75) is 52.0 Å². The van der Waals surface area contributed by atoms with Crippen LogP contribution in [0, 0.1) is 0 Å². The Bertz CT molecular complexity index is 273. The number of unbranched alkanes of at least 4 members (excludes halogenated alkanes) is 1. The molecule has 0 saturated carbocycles. The van der Waals surface area contributed by atoms with Crippen molar-refractivity contribution in [3.8, 4) is 0 Å². The summed E-state index contributed by atoms with van der Waals surface area (Å²) < 4.78 is 0. The van der Waals surface area contributed by atoms with Crippen LogP contribution >= 0.6 is 11.3 Å². The van der Waals surface area contributed by atoms with Crippen LogP contribution in [0.4, 0.5) is 0 Å². The second-order valence-electron chi connectivity index (χ2n) is 4.50. The van der Waals surface area contributed by atoms with E-state index in [0.717, 1.165) is 18.5 Å². The lowest BCUT2D eigenvalue weighted by Crippen LogP contribution is -2.34. The first-order valence-corrected chi connectivity index (χ1v) is 6.11. The first-order valence-electron chi connectivity index (χ1n) is 5.23. The molecule has 0 atom stereocenters. The zero-order valence-corrected chi connectivity index (χ0v) is 10.2. The van der Waals surface area contributed by atoms with Crippen molar-refractivity contribution in [3.05, 3.63) is 16.1 Å². The van der Waals surface area contributed by atoms with Gasteiger partial charge in [-0.2, -0.15) is 0 Å². The van der Waals surface area contributed by atoms with Gasteiger partial charge in [0.25, 0.3) is 0 Å². The highest BCUT2D eigenvalue weighted by molar-refractivity contribution is 7.09. The summed E-state index contributed by atoms with van der Waals surface area (Å²) in [6, 6.07) is 0. The van der Waals surface area contributed by atoms with Crippen LogP contribution in [0.1, 0.15) is 44.3 Å². The smallest absolute Gasteiger partial charge is 0.0928 e. The quantitative estimate of drug-likeness (QED) is 0.815. The second-order valence-corrected chi connectivity index (χ2v) is 5.44. The standard InChI is InChI=1S/C11H20N2S/c1-4-5-6-10-13-9(8-14-10)7-11(2,3)12/h8H,4-7,12H2,1-3H3. The Morgan fingerprint density at radius 3 is 2.79 bits per heavy atom. The third-order valence-corrected chi connectivity index (χ3v) is 2.94. The molecule has 80 valence electrons. The predicted molar refractivity (Wildman–Crippen MR) is 62.7 cm³/mol. The molecule has 0 aliphatic heterocycles. The largest absolute Gasteiger partial charge is 0.325 e. The third kappa shape index (κ3) is 4.20. The summed E-state index contributed by atoms with van der Waals surface area (Å²) in [5, 5.41) is 3.39. The van der Waals surface area contributed by atoms with E-state index in [1.807, 2.05) is 13.8 Å². The number of aromatic nitrogens is 1. The Hall–Kier alpha value is -0.410. The van der Waals surface area contributed by atoms with Crippen molar-refractivity contribution in [2.24, 2.45) is 5.73 Å².